The van der Waals surface area contributed by atoms with Crippen molar-refractivity contribution in [3.63, 3.8) is 0 Å². The van der Waals surface area contributed by atoms with Crippen LogP contribution in [0, 0.1) is 0 Å². The topological polar surface area (TPSA) is 72.9 Å². The van der Waals surface area contributed by atoms with Crippen LogP contribution in [-0.2, 0) is 23.9 Å². The van der Waals surface area contributed by atoms with Gasteiger partial charge in [0.2, 0.25) is 5.91 Å². The molecule has 0 aromatic heterocycles. The lowest BCUT2D eigenvalue weighted by Gasteiger charge is -2.26. The highest BCUT2D eigenvalue weighted by molar-refractivity contribution is 6.09. The largest absolute Gasteiger partial charge is 0.495 e. The van der Waals surface area contributed by atoms with E-state index in [1.807, 2.05) is 0 Å². The van der Waals surface area contributed by atoms with E-state index in [2.05, 4.69) is 4.74 Å². The van der Waals surface area contributed by atoms with Crippen LogP contribution in [0.25, 0.3) is 0 Å². The lowest BCUT2D eigenvalue weighted by molar-refractivity contribution is -0.149. The van der Waals surface area contributed by atoms with Crippen molar-refractivity contribution in [2.75, 3.05) is 14.2 Å². The van der Waals surface area contributed by atoms with E-state index in [0.29, 0.717) is 11.5 Å². The van der Waals surface area contributed by atoms with E-state index < -0.39 is 17.9 Å². The quantitative estimate of drug-likeness (QED) is 0.489. The average Bonchev–Trinajstić information content (AvgIpc) is 2.66. The Morgan fingerprint density at radius 2 is 2.12 bits per heavy atom. The van der Waals surface area contributed by atoms with Crippen molar-refractivity contribution in [2.24, 2.45) is 0 Å². The van der Waals surface area contributed by atoms with Gasteiger partial charge in [-0.25, -0.2) is 4.79 Å². The molecule has 0 spiro atoms. The summed E-state index contributed by atoms with van der Waals surface area (Å²) in [6, 6.07) is -0.846. The summed E-state index contributed by atoms with van der Waals surface area (Å²) in [6.45, 7) is 0. The molecule has 6 heteroatoms. The number of nitrogens with zero attached hydrogens (tertiary/aromatic N) is 1. The molecule has 17 heavy (non-hydrogen) atoms. The molecule has 1 amide bonds. The van der Waals surface area contributed by atoms with E-state index in [-0.39, 0.29) is 12.2 Å². The Morgan fingerprint density at radius 1 is 1.41 bits per heavy atom. The van der Waals surface area contributed by atoms with Crippen LogP contribution in [0.1, 0.15) is 6.42 Å². The minimum atomic E-state index is -0.846. The second-order valence-corrected chi connectivity index (χ2v) is 3.64. The zero-order valence-electron chi connectivity index (χ0n) is 9.43. The molecule has 2 aliphatic heterocycles. The van der Waals surface area contributed by atoms with Gasteiger partial charge in [0, 0.05) is 6.08 Å². The van der Waals surface area contributed by atoms with E-state index in [9.17, 15) is 14.4 Å². The van der Waals surface area contributed by atoms with Gasteiger partial charge in [-0.2, -0.15) is 0 Å². The fourth-order valence-corrected chi connectivity index (χ4v) is 1.91. The Hall–Kier alpha value is -2.11. The minimum absolute atomic E-state index is 0.234. The van der Waals surface area contributed by atoms with Crippen molar-refractivity contribution in [3.8, 4) is 0 Å². The Bertz CT molecular complexity index is 462. The summed E-state index contributed by atoms with van der Waals surface area (Å²) in [6.07, 6.45) is 2.54. The zero-order chi connectivity index (χ0) is 12.6. The summed E-state index contributed by atoms with van der Waals surface area (Å²) in [5, 5.41) is 0. The van der Waals surface area contributed by atoms with Crippen LogP contribution in [-0.4, -0.2) is 42.8 Å². The first kappa shape index (κ1) is 11.4. The highest BCUT2D eigenvalue weighted by atomic mass is 16.5. The molecule has 2 aliphatic rings. The molecule has 2 rings (SSSR count). The summed E-state index contributed by atoms with van der Waals surface area (Å²) in [5.74, 6) is -0.951. The zero-order valence-corrected chi connectivity index (χ0v) is 9.43. The van der Waals surface area contributed by atoms with E-state index in [1.54, 1.807) is 0 Å². The Morgan fingerprint density at radius 3 is 2.71 bits per heavy atom. The van der Waals surface area contributed by atoms with Crippen molar-refractivity contribution in [3.05, 3.63) is 23.6 Å². The normalized spacial score (nSPS) is 22.9. The van der Waals surface area contributed by atoms with Gasteiger partial charge in [-0.15, -0.1) is 0 Å². The number of fused-ring (bicyclic) bond motifs is 1. The van der Waals surface area contributed by atoms with Gasteiger partial charge in [0.05, 0.1) is 26.3 Å². The summed E-state index contributed by atoms with van der Waals surface area (Å²) in [7, 11) is 2.65. The molecule has 6 nitrogen and oxygen atoms in total. The molecule has 0 saturated heterocycles. The maximum Gasteiger partial charge on any atom is 0.333 e. The van der Waals surface area contributed by atoms with Crippen LogP contribution in [0.5, 0.6) is 0 Å². The number of hydrogen-bond donors (Lipinski definition) is 0. The smallest absolute Gasteiger partial charge is 0.333 e. The van der Waals surface area contributed by atoms with Gasteiger partial charge in [0.15, 0.2) is 11.8 Å². The van der Waals surface area contributed by atoms with E-state index in [4.69, 9.17) is 4.74 Å². The highest BCUT2D eigenvalue weighted by Crippen LogP contribution is 2.32. The molecular weight excluding hydrogens is 226 g/mol. The van der Waals surface area contributed by atoms with E-state index in [0.717, 1.165) is 0 Å². The lowest BCUT2D eigenvalue weighted by atomic mass is 10.1. The highest BCUT2D eigenvalue weighted by Gasteiger charge is 2.42. The van der Waals surface area contributed by atoms with E-state index in [1.165, 1.54) is 31.3 Å². The van der Waals surface area contributed by atoms with Gasteiger partial charge in [0.1, 0.15) is 5.76 Å². The first-order valence-electron chi connectivity index (χ1n) is 4.99. The molecule has 2 heterocycles. The predicted molar refractivity (Wildman–Crippen MR) is 55.4 cm³/mol. The third-order valence-electron chi connectivity index (χ3n) is 2.65. The fraction of sp³-hybridized carbons (Fsp3) is 0.364. The van der Waals surface area contributed by atoms with E-state index >= 15 is 0 Å². The molecule has 0 radical (unpaired) electrons. The van der Waals surface area contributed by atoms with Crippen molar-refractivity contribution in [1.82, 2.24) is 4.90 Å². The molecule has 0 aromatic carbocycles. The summed E-state index contributed by atoms with van der Waals surface area (Å²) >= 11 is 0. The van der Waals surface area contributed by atoms with Crippen LogP contribution in [0.15, 0.2) is 23.6 Å². The van der Waals surface area contributed by atoms with Crippen molar-refractivity contribution >= 4 is 17.7 Å². The lowest BCUT2D eigenvalue weighted by Crippen LogP contribution is -2.43. The molecule has 0 N–H and O–H groups in total. The fourth-order valence-electron chi connectivity index (χ4n) is 1.91. The Labute approximate surface area is 97.5 Å². The predicted octanol–water partition coefficient (Wildman–Crippen LogP) is -0.243. The van der Waals surface area contributed by atoms with Crippen LogP contribution in [0.3, 0.4) is 0 Å². The Kier molecular flexibility index (Phi) is 2.71. The molecule has 0 unspecified atom stereocenters. The van der Waals surface area contributed by atoms with Gasteiger partial charge >= 0.3 is 5.97 Å². The molecule has 0 fully saturated rings. The number of ketones is 1. The monoisotopic (exact) mass is 237 g/mol. The molecule has 1 atom stereocenters. The standard InChI is InChI=1S/C11H11NO5/c1-16-9-5-8(11(15)17-2)12-7(9)3-6(13)4-10(12)14/h3,5,8H,4H2,1-2H3/t8-/m0/s1. The molecule has 0 saturated carbocycles. The maximum atomic E-state index is 11.7. The molecule has 0 aromatic rings. The van der Waals surface area contributed by atoms with Crippen LogP contribution < -0.4 is 0 Å². The number of ether oxygens (including phenoxy) is 2. The number of amides is 1. The average molecular weight is 237 g/mol. The van der Waals surface area contributed by atoms with Crippen molar-refractivity contribution in [2.45, 2.75) is 12.5 Å². The number of rotatable bonds is 2. The maximum absolute atomic E-state index is 11.7. The molecule has 0 bridgehead atoms. The third-order valence-corrected chi connectivity index (χ3v) is 2.65. The SMILES string of the molecule is COC(=O)[C@@H]1C=C(OC)C2=CC(=O)CC(=O)N21. The number of carbonyl (C=O) groups excluding carboxylic acids is 3. The van der Waals surface area contributed by atoms with Crippen molar-refractivity contribution in [1.29, 1.82) is 0 Å². The second-order valence-electron chi connectivity index (χ2n) is 3.64. The first-order valence-corrected chi connectivity index (χ1v) is 4.99. The molecule has 90 valence electrons. The van der Waals surface area contributed by atoms with Gasteiger partial charge < -0.3 is 9.47 Å². The number of esters is 1. The third kappa shape index (κ3) is 1.71. The van der Waals surface area contributed by atoms with Gasteiger partial charge in [0.25, 0.3) is 0 Å². The van der Waals surface area contributed by atoms with Gasteiger partial charge in [-0.3, -0.25) is 14.5 Å². The Balaban J connectivity index is 2.44. The molecule has 0 aliphatic carbocycles. The van der Waals surface area contributed by atoms with Crippen LogP contribution in [0.2, 0.25) is 0 Å². The minimum Gasteiger partial charge on any atom is -0.495 e. The number of carbonyl (C=O) groups is 3. The second kappa shape index (κ2) is 4.04. The van der Waals surface area contributed by atoms with Crippen LogP contribution in [0.4, 0.5) is 0 Å². The number of allylic oxidation sites excluding steroid dienone is 1. The van der Waals surface area contributed by atoms with Gasteiger partial charge in [-0.05, 0) is 6.08 Å². The van der Waals surface area contributed by atoms with Crippen LogP contribution >= 0.6 is 0 Å². The summed E-state index contributed by atoms with van der Waals surface area (Å²) in [5.41, 5.74) is 0.323. The van der Waals surface area contributed by atoms with Crippen molar-refractivity contribution < 1.29 is 23.9 Å². The first-order chi connectivity index (χ1) is 8.08. The summed E-state index contributed by atoms with van der Waals surface area (Å²) in [4.78, 5) is 35.8. The number of methoxy groups -OCH3 is 2. The molecular formula is C11H11NO5. The summed E-state index contributed by atoms with van der Waals surface area (Å²) < 4.78 is 9.65. The van der Waals surface area contributed by atoms with Gasteiger partial charge in [-0.1, -0.05) is 0 Å². The number of hydrogen-bond acceptors (Lipinski definition) is 5.